The maximum absolute atomic E-state index is 13.2. The number of carboxylic acid groups (broad SMARTS) is 2. The van der Waals surface area contributed by atoms with Gasteiger partial charge in [-0.2, -0.15) is 26.3 Å². The first kappa shape index (κ1) is 39.7. The second-order valence-corrected chi connectivity index (χ2v) is 12.4. The van der Waals surface area contributed by atoms with Crippen molar-refractivity contribution in [1.29, 1.82) is 0 Å². The van der Waals surface area contributed by atoms with Gasteiger partial charge in [-0.1, -0.05) is 23.2 Å². The molecule has 1 unspecified atom stereocenters. The van der Waals surface area contributed by atoms with Gasteiger partial charge in [-0.05, 0) is 85.7 Å². The van der Waals surface area contributed by atoms with Gasteiger partial charge >= 0.3 is 24.3 Å². The molecule has 0 saturated heterocycles. The highest BCUT2D eigenvalue weighted by Gasteiger charge is 2.49. The van der Waals surface area contributed by atoms with Crippen LogP contribution in [0.15, 0.2) is 71.8 Å². The van der Waals surface area contributed by atoms with E-state index in [1.165, 1.54) is 36.4 Å². The molecule has 0 saturated carbocycles. The Hall–Kier alpha value is -5.48. The minimum absolute atomic E-state index is 0.0155. The van der Waals surface area contributed by atoms with E-state index in [1.807, 2.05) is 0 Å². The van der Waals surface area contributed by atoms with Gasteiger partial charge < -0.3 is 29.2 Å². The fourth-order valence-electron chi connectivity index (χ4n) is 5.08. The first-order valence-electron chi connectivity index (χ1n) is 15.0. The van der Waals surface area contributed by atoms with E-state index in [9.17, 15) is 44.7 Å². The Morgan fingerprint density at radius 3 is 1.26 bits per heavy atom. The van der Waals surface area contributed by atoms with Crippen LogP contribution in [-0.4, -0.2) is 46.7 Å². The first-order chi connectivity index (χ1) is 25.1. The number of rotatable bonds is 6. The summed E-state index contributed by atoms with van der Waals surface area (Å²) in [6.07, 6.45) is -13.4. The van der Waals surface area contributed by atoms with Crippen molar-refractivity contribution in [2.75, 3.05) is 0 Å². The molecule has 18 heteroatoms. The molecule has 2 aliphatic rings. The van der Waals surface area contributed by atoms with Crippen LogP contribution in [0, 0.1) is 25.5 Å². The molecule has 6 rings (SSSR count). The number of halogens is 10. The van der Waals surface area contributed by atoms with E-state index in [1.54, 1.807) is 13.8 Å². The summed E-state index contributed by atoms with van der Waals surface area (Å²) < 4.78 is 126. The molecule has 0 aromatic heterocycles. The number of alkyl halides is 6. The minimum atomic E-state index is -4.92. The van der Waals surface area contributed by atoms with Crippen LogP contribution in [0.1, 0.15) is 22.3 Å². The average Bonchev–Trinajstić information content (AvgIpc) is 3.06. The number of ether oxygens (including phenoxy) is 4. The zero-order valence-corrected chi connectivity index (χ0v) is 28.7. The Balaban J connectivity index is 0.000000208. The highest BCUT2D eigenvalue weighted by Crippen LogP contribution is 2.44. The van der Waals surface area contributed by atoms with Gasteiger partial charge in [0.2, 0.25) is 12.2 Å². The van der Waals surface area contributed by atoms with E-state index in [0.717, 1.165) is 36.4 Å². The number of aliphatic carboxylic acids is 2. The standard InChI is InChI=1S/2C18H11ClF4O4/c2*1-8-4-10(20)2-3-13(8)26-15-7-14-9(6-12(15)19)5-11(17(24)25)16(27-14)18(21,22)23/h2*2-7,16H,1H3,(H,24,25)/t16-;/m1./s1. The predicted octanol–water partition coefficient (Wildman–Crippen LogP) is 10.7. The van der Waals surface area contributed by atoms with Gasteiger partial charge in [-0.3, -0.25) is 0 Å². The second kappa shape index (κ2) is 15.1. The topological polar surface area (TPSA) is 112 Å². The largest absolute Gasteiger partial charge is 0.478 e. The van der Waals surface area contributed by atoms with Gasteiger partial charge in [0.25, 0.3) is 0 Å². The number of carboxylic acids is 2. The summed E-state index contributed by atoms with van der Waals surface area (Å²) >= 11 is 12.2. The van der Waals surface area contributed by atoms with E-state index < -0.39 is 59.3 Å². The molecular weight excluding hydrogens is 783 g/mol. The molecular formula is C36H22Cl2F8O8. The number of carbonyl (C=O) groups is 2. The first-order valence-corrected chi connectivity index (χ1v) is 15.8. The van der Waals surface area contributed by atoms with Crippen molar-refractivity contribution >= 4 is 47.3 Å². The van der Waals surface area contributed by atoms with Gasteiger partial charge in [-0.15, -0.1) is 0 Å². The molecule has 4 aromatic rings. The third-order valence-electron chi connectivity index (χ3n) is 7.61. The summed E-state index contributed by atoms with van der Waals surface area (Å²) in [7, 11) is 0. The van der Waals surface area contributed by atoms with Crippen LogP contribution in [0.5, 0.6) is 34.5 Å². The van der Waals surface area contributed by atoms with E-state index >= 15 is 0 Å². The van der Waals surface area contributed by atoms with Gasteiger partial charge in [-0.25, -0.2) is 18.4 Å². The van der Waals surface area contributed by atoms with Crippen molar-refractivity contribution in [2.24, 2.45) is 0 Å². The lowest BCUT2D eigenvalue weighted by molar-refractivity contribution is -0.187. The van der Waals surface area contributed by atoms with Crippen LogP contribution in [-0.2, 0) is 9.59 Å². The average molecular weight is 805 g/mol. The SMILES string of the molecule is Cc1cc(F)ccc1Oc1cc2c(cc1Cl)C=C(C(=O)O)C(C(F)(F)F)O2.Cc1cc(F)ccc1Oc1cc2c(cc1Cl)C=C(C(=O)O)[C@H](C(F)(F)F)O2. The number of hydrogen-bond donors (Lipinski definition) is 2. The van der Waals surface area contributed by atoms with E-state index in [0.29, 0.717) is 11.1 Å². The molecule has 0 radical (unpaired) electrons. The lowest BCUT2D eigenvalue weighted by Gasteiger charge is -2.27. The molecule has 4 aromatic carbocycles. The van der Waals surface area contributed by atoms with Gasteiger partial charge in [0.05, 0.1) is 21.2 Å². The third-order valence-corrected chi connectivity index (χ3v) is 8.20. The summed E-state index contributed by atoms with van der Waals surface area (Å²) in [5.41, 5.74) is -0.859. The van der Waals surface area contributed by atoms with Gasteiger partial charge in [0, 0.05) is 23.3 Å². The molecule has 0 bridgehead atoms. The molecule has 0 amide bonds. The Morgan fingerprint density at radius 1 is 0.611 bits per heavy atom. The van der Waals surface area contributed by atoms with E-state index in [-0.39, 0.29) is 55.7 Å². The van der Waals surface area contributed by atoms with E-state index in [4.69, 9.17) is 52.4 Å². The van der Waals surface area contributed by atoms with Crippen LogP contribution in [0.2, 0.25) is 10.0 Å². The van der Waals surface area contributed by atoms with Crippen LogP contribution in [0.4, 0.5) is 35.1 Å². The molecule has 284 valence electrons. The van der Waals surface area contributed by atoms with Crippen molar-refractivity contribution in [3.05, 3.63) is 116 Å². The predicted molar refractivity (Wildman–Crippen MR) is 177 cm³/mol. The highest BCUT2D eigenvalue weighted by molar-refractivity contribution is 6.32. The quantitative estimate of drug-likeness (QED) is 0.185. The van der Waals surface area contributed by atoms with Crippen molar-refractivity contribution in [1.82, 2.24) is 0 Å². The Bertz CT molecular complexity index is 2060. The normalized spacial score (nSPS) is 16.2. The van der Waals surface area contributed by atoms with Crippen LogP contribution < -0.4 is 18.9 Å². The second-order valence-electron chi connectivity index (χ2n) is 11.6. The summed E-state index contributed by atoms with van der Waals surface area (Å²) in [4.78, 5) is 22.3. The fourth-order valence-corrected chi connectivity index (χ4v) is 5.50. The van der Waals surface area contributed by atoms with Crippen LogP contribution in [0.25, 0.3) is 12.2 Å². The Kier molecular flexibility index (Phi) is 11.1. The molecule has 0 fully saturated rings. The number of hydrogen-bond acceptors (Lipinski definition) is 6. The Labute approximate surface area is 309 Å². The summed E-state index contributed by atoms with van der Waals surface area (Å²) in [5, 5.41) is 18.1. The van der Waals surface area contributed by atoms with Crippen molar-refractivity contribution in [3.8, 4) is 34.5 Å². The minimum Gasteiger partial charge on any atom is -0.478 e. The molecule has 0 aliphatic carbocycles. The smallest absolute Gasteiger partial charge is 0.430 e. The summed E-state index contributed by atoms with van der Waals surface area (Å²) in [6, 6.07) is 12.2. The fraction of sp³-hybridized carbons (Fsp3) is 0.167. The summed E-state index contributed by atoms with van der Waals surface area (Å²) in [6.45, 7) is 3.17. The third kappa shape index (κ3) is 8.82. The molecule has 0 spiro atoms. The van der Waals surface area contributed by atoms with Crippen molar-refractivity contribution in [3.63, 3.8) is 0 Å². The zero-order chi connectivity index (χ0) is 39.9. The van der Waals surface area contributed by atoms with Crippen molar-refractivity contribution in [2.45, 2.75) is 38.4 Å². The Morgan fingerprint density at radius 2 is 0.963 bits per heavy atom. The number of aryl methyl sites for hydroxylation is 2. The van der Waals surface area contributed by atoms with Gasteiger partial charge in [0.15, 0.2) is 0 Å². The number of benzene rings is 4. The number of fused-ring (bicyclic) bond motifs is 2. The zero-order valence-electron chi connectivity index (χ0n) is 27.2. The maximum atomic E-state index is 13.2. The lowest BCUT2D eigenvalue weighted by Crippen LogP contribution is -2.40. The monoisotopic (exact) mass is 804 g/mol. The molecule has 2 aliphatic heterocycles. The van der Waals surface area contributed by atoms with Crippen LogP contribution in [0.3, 0.4) is 0 Å². The van der Waals surface area contributed by atoms with E-state index in [2.05, 4.69) is 0 Å². The van der Waals surface area contributed by atoms with Crippen LogP contribution >= 0.6 is 23.2 Å². The van der Waals surface area contributed by atoms with Gasteiger partial charge in [0.1, 0.15) is 46.1 Å². The molecule has 2 heterocycles. The molecule has 8 nitrogen and oxygen atoms in total. The maximum Gasteiger partial charge on any atom is 0.430 e. The molecule has 54 heavy (non-hydrogen) atoms. The lowest BCUT2D eigenvalue weighted by atomic mass is 10.0. The molecule has 2 N–H and O–H groups in total. The van der Waals surface area contributed by atoms with Crippen molar-refractivity contribution < 1.29 is 73.9 Å². The molecule has 2 atom stereocenters. The summed E-state index contributed by atoms with van der Waals surface area (Å²) in [5.74, 6) is -4.44. The highest BCUT2D eigenvalue weighted by atomic mass is 35.5.